The molecule has 6 nitrogen and oxygen atoms in total. The highest BCUT2D eigenvalue weighted by Crippen LogP contribution is 2.48. The van der Waals surface area contributed by atoms with Crippen molar-refractivity contribution < 1.29 is 32.2 Å². The van der Waals surface area contributed by atoms with Crippen molar-refractivity contribution in [3.8, 4) is 22.6 Å². The van der Waals surface area contributed by atoms with E-state index in [-0.39, 0.29) is 23.5 Å². The van der Waals surface area contributed by atoms with Crippen molar-refractivity contribution in [3.63, 3.8) is 0 Å². The van der Waals surface area contributed by atoms with Crippen LogP contribution in [-0.4, -0.2) is 38.4 Å². The number of amides is 2. The smallest absolute Gasteiger partial charge is 0.272 e. The van der Waals surface area contributed by atoms with Gasteiger partial charge in [-0.25, -0.2) is 13.2 Å². The number of nitrogens with one attached hydrogen (secondary N) is 2. The van der Waals surface area contributed by atoms with E-state index in [0.717, 1.165) is 0 Å². The molecule has 0 bridgehead atoms. The molecule has 2 atom stereocenters. The maximum Gasteiger partial charge on any atom is 0.272 e. The first-order valence-corrected chi connectivity index (χ1v) is 12.3. The molecule has 0 fully saturated rings. The van der Waals surface area contributed by atoms with Crippen LogP contribution in [0.1, 0.15) is 47.4 Å². The first-order valence-electron chi connectivity index (χ1n) is 12.3. The Balaban J connectivity index is 1.75. The Morgan fingerprint density at radius 3 is 2.42 bits per heavy atom. The number of carbonyl (C=O) groups excluding carboxylic acids is 2. The van der Waals surface area contributed by atoms with Gasteiger partial charge < -0.3 is 20.1 Å². The average Bonchev–Trinajstić information content (AvgIpc) is 3.29. The SMILES string of the molecule is CNC(=O)C1c2cc(-c3cc(C(=O)NCC(C)C)ccc3OCC(F)F)ccc2OC1c1ccc(F)cc1. The molecule has 2 unspecified atom stereocenters. The molecule has 1 aliphatic rings. The highest BCUT2D eigenvalue weighted by atomic mass is 19.3. The fraction of sp³-hybridized carbons (Fsp3) is 0.310. The Labute approximate surface area is 219 Å². The number of alkyl halides is 2. The van der Waals surface area contributed by atoms with Gasteiger partial charge >= 0.3 is 0 Å². The number of halogens is 3. The van der Waals surface area contributed by atoms with Gasteiger partial charge in [0.25, 0.3) is 12.3 Å². The van der Waals surface area contributed by atoms with E-state index in [4.69, 9.17) is 9.47 Å². The van der Waals surface area contributed by atoms with Crippen molar-refractivity contribution in [2.45, 2.75) is 32.3 Å². The van der Waals surface area contributed by atoms with Crippen LogP contribution >= 0.6 is 0 Å². The summed E-state index contributed by atoms with van der Waals surface area (Å²) in [6.45, 7) is 3.61. The molecule has 1 heterocycles. The molecule has 0 aromatic heterocycles. The summed E-state index contributed by atoms with van der Waals surface area (Å²) in [6.07, 6.45) is -3.37. The normalized spacial score (nSPS) is 16.2. The van der Waals surface area contributed by atoms with E-state index in [1.54, 1.807) is 36.4 Å². The lowest BCUT2D eigenvalue weighted by molar-refractivity contribution is -0.123. The molecule has 9 heteroatoms. The minimum atomic E-state index is -2.68. The Morgan fingerprint density at radius 1 is 1.03 bits per heavy atom. The first kappa shape index (κ1) is 27.0. The van der Waals surface area contributed by atoms with Crippen molar-refractivity contribution in [1.29, 1.82) is 0 Å². The molecule has 0 saturated carbocycles. The summed E-state index contributed by atoms with van der Waals surface area (Å²) in [6, 6.07) is 15.5. The lowest BCUT2D eigenvalue weighted by Crippen LogP contribution is -2.28. The van der Waals surface area contributed by atoms with E-state index in [1.807, 2.05) is 13.8 Å². The standard InChI is InChI=1S/C29H29F3N2O4/c1-16(2)14-34-28(35)19-7-10-23(37-15-25(31)32)21(13-19)18-6-11-24-22(12-18)26(29(36)33-3)27(38-24)17-4-8-20(30)9-5-17/h4-13,16,25-27H,14-15H2,1-3H3,(H,33,36)(H,34,35). The third-order valence-electron chi connectivity index (χ3n) is 6.22. The van der Waals surface area contributed by atoms with Crippen molar-refractivity contribution in [2.75, 3.05) is 20.2 Å². The van der Waals surface area contributed by atoms with Crippen LogP contribution in [0.5, 0.6) is 11.5 Å². The van der Waals surface area contributed by atoms with Crippen LogP contribution in [0.2, 0.25) is 0 Å². The van der Waals surface area contributed by atoms with Crippen LogP contribution < -0.4 is 20.1 Å². The number of carbonyl (C=O) groups is 2. The lowest BCUT2D eigenvalue weighted by atomic mass is 9.88. The van der Waals surface area contributed by atoms with E-state index >= 15 is 0 Å². The Morgan fingerprint density at radius 2 is 1.76 bits per heavy atom. The Hall–Kier alpha value is -4.01. The number of rotatable bonds is 9. The summed E-state index contributed by atoms with van der Waals surface area (Å²) in [7, 11) is 1.52. The fourth-order valence-corrected chi connectivity index (χ4v) is 4.36. The van der Waals surface area contributed by atoms with Crippen LogP contribution in [0, 0.1) is 11.7 Å². The minimum absolute atomic E-state index is 0.177. The second-order valence-electron chi connectivity index (χ2n) is 9.45. The van der Waals surface area contributed by atoms with Gasteiger partial charge in [0.2, 0.25) is 5.91 Å². The summed E-state index contributed by atoms with van der Waals surface area (Å²) in [5.74, 6) is -0.857. The van der Waals surface area contributed by atoms with Crippen molar-refractivity contribution in [1.82, 2.24) is 10.6 Å². The molecule has 0 spiro atoms. The zero-order valence-electron chi connectivity index (χ0n) is 21.3. The largest absolute Gasteiger partial charge is 0.487 e. The number of fused-ring (bicyclic) bond motifs is 1. The predicted molar refractivity (Wildman–Crippen MR) is 137 cm³/mol. The quantitative estimate of drug-likeness (QED) is 0.387. The minimum Gasteiger partial charge on any atom is -0.487 e. The molecule has 1 aliphatic heterocycles. The maximum atomic E-state index is 13.5. The molecule has 200 valence electrons. The highest BCUT2D eigenvalue weighted by Gasteiger charge is 2.40. The Bertz CT molecular complexity index is 1310. The van der Waals surface area contributed by atoms with E-state index < -0.39 is 30.9 Å². The van der Waals surface area contributed by atoms with Crippen molar-refractivity contribution in [3.05, 3.63) is 83.2 Å². The van der Waals surface area contributed by atoms with Gasteiger partial charge in [-0.05, 0) is 59.5 Å². The third-order valence-corrected chi connectivity index (χ3v) is 6.22. The molecular formula is C29H29F3N2O4. The van der Waals surface area contributed by atoms with E-state index in [2.05, 4.69) is 10.6 Å². The van der Waals surface area contributed by atoms with Gasteiger partial charge in [-0.15, -0.1) is 0 Å². The van der Waals surface area contributed by atoms with Crippen LogP contribution in [-0.2, 0) is 4.79 Å². The topological polar surface area (TPSA) is 76.7 Å². The molecule has 0 saturated heterocycles. The summed E-state index contributed by atoms with van der Waals surface area (Å²) < 4.78 is 50.9. The molecule has 0 aliphatic carbocycles. The number of likely N-dealkylation sites (N-methyl/N-ethyl adjacent to an activating group) is 1. The summed E-state index contributed by atoms with van der Waals surface area (Å²) >= 11 is 0. The molecule has 4 rings (SSSR count). The number of hydrogen-bond acceptors (Lipinski definition) is 4. The van der Waals surface area contributed by atoms with Gasteiger partial charge in [-0.1, -0.05) is 32.0 Å². The van der Waals surface area contributed by atoms with Crippen LogP contribution in [0.25, 0.3) is 11.1 Å². The van der Waals surface area contributed by atoms with Crippen LogP contribution in [0.4, 0.5) is 13.2 Å². The lowest BCUT2D eigenvalue weighted by Gasteiger charge is -2.18. The zero-order valence-corrected chi connectivity index (χ0v) is 21.3. The second-order valence-corrected chi connectivity index (χ2v) is 9.45. The number of benzene rings is 3. The van der Waals surface area contributed by atoms with E-state index in [9.17, 15) is 22.8 Å². The van der Waals surface area contributed by atoms with E-state index in [1.165, 1.54) is 31.3 Å². The second kappa shape index (κ2) is 11.6. The zero-order chi connectivity index (χ0) is 27.4. The monoisotopic (exact) mass is 526 g/mol. The number of ether oxygens (including phenoxy) is 2. The first-order chi connectivity index (χ1) is 18.2. The average molecular weight is 527 g/mol. The van der Waals surface area contributed by atoms with Crippen LogP contribution in [0.3, 0.4) is 0 Å². The number of hydrogen-bond donors (Lipinski definition) is 2. The molecule has 3 aromatic rings. The highest BCUT2D eigenvalue weighted by molar-refractivity contribution is 5.96. The molecule has 0 radical (unpaired) electrons. The van der Waals surface area contributed by atoms with Crippen LogP contribution in [0.15, 0.2) is 60.7 Å². The van der Waals surface area contributed by atoms with Gasteiger partial charge in [0.1, 0.15) is 35.9 Å². The van der Waals surface area contributed by atoms with Gasteiger partial charge in [0.05, 0.1) is 0 Å². The van der Waals surface area contributed by atoms with E-state index in [0.29, 0.717) is 40.1 Å². The summed E-state index contributed by atoms with van der Waals surface area (Å²) in [5, 5.41) is 5.50. The molecule has 2 N–H and O–H groups in total. The van der Waals surface area contributed by atoms with Crippen molar-refractivity contribution in [2.24, 2.45) is 5.92 Å². The molecule has 3 aromatic carbocycles. The molecule has 38 heavy (non-hydrogen) atoms. The van der Waals surface area contributed by atoms with Crippen molar-refractivity contribution >= 4 is 11.8 Å². The van der Waals surface area contributed by atoms with Gasteiger partial charge in [-0.3, -0.25) is 9.59 Å². The summed E-state index contributed by atoms with van der Waals surface area (Å²) in [4.78, 5) is 25.7. The Kier molecular flexibility index (Phi) is 8.24. The predicted octanol–water partition coefficient (Wildman–Crippen LogP) is 5.49. The van der Waals surface area contributed by atoms with Gasteiger partial charge in [-0.2, -0.15) is 0 Å². The van der Waals surface area contributed by atoms with Gasteiger partial charge in [0.15, 0.2) is 0 Å². The molecule has 2 amide bonds. The summed E-state index contributed by atoms with van der Waals surface area (Å²) in [5.41, 5.74) is 2.53. The van der Waals surface area contributed by atoms with Gasteiger partial charge in [0, 0.05) is 30.3 Å². The molecular weight excluding hydrogens is 497 g/mol. The fourth-order valence-electron chi connectivity index (χ4n) is 4.36. The third kappa shape index (κ3) is 5.93. The maximum absolute atomic E-state index is 13.5.